The summed E-state index contributed by atoms with van der Waals surface area (Å²) in [5.74, 6) is 0. The van der Waals surface area contributed by atoms with Gasteiger partial charge in [0.25, 0.3) is 0 Å². The number of hydrogen-bond donors (Lipinski definition) is 1. The standard InChI is InChI=1S/C11H13N3O2/c1-9-11(14-16-13-9)7-12-15-8-10-5-3-2-4-6-10/h2-6,12H,7-8H2,1H3. The Morgan fingerprint density at radius 2 is 2.06 bits per heavy atom. The number of rotatable bonds is 5. The van der Waals surface area contributed by atoms with E-state index in [1.165, 1.54) is 0 Å². The maximum absolute atomic E-state index is 5.29. The minimum absolute atomic E-state index is 0.488. The molecule has 1 heterocycles. The molecule has 0 bridgehead atoms. The second-order valence-electron chi connectivity index (χ2n) is 3.39. The number of hydrogen-bond acceptors (Lipinski definition) is 5. The van der Waals surface area contributed by atoms with E-state index in [1.54, 1.807) is 0 Å². The summed E-state index contributed by atoms with van der Waals surface area (Å²) < 4.78 is 4.57. The summed E-state index contributed by atoms with van der Waals surface area (Å²) in [6.07, 6.45) is 0. The Kier molecular flexibility index (Phi) is 3.63. The van der Waals surface area contributed by atoms with Gasteiger partial charge in [-0.15, -0.1) is 0 Å². The van der Waals surface area contributed by atoms with Crippen LogP contribution >= 0.6 is 0 Å². The molecule has 0 spiro atoms. The maximum Gasteiger partial charge on any atom is 0.124 e. The Morgan fingerprint density at radius 1 is 1.25 bits per heavy atom. The first-order valence-electron chi connectivity index (χ1n) is 5.03. The van der Waals surface area contributed by atoms with Gasteiger partial charge in [0.15, 0.2) is 0 Å². The van der Waals surface area contributed by atoms with E-state index >= 15 is 0 Å². The van der Waals surface area contributed by atoms with E-state index in [9.17, 15) is 0 Å². The van der Waals surface area contributed by atoms with E-state index < -0.39 is 0 Å². The van der Waals surface area contributed by atoms with Crippen LogP contribution < -0.4 is 5.48 Å². The van der Waals surface area contributed by atoms with Crippen LogP contribution in [0.4, 0.5) is 0 Å². The van der Waals surface area contributed by atoms with Crippen LogP contribution in [0.15, 0.2) is 35.0 Å². The second-order valence-corrected chi connectivity index (χ2v) is 3.39. The second kappa shape index (κ2) is 5.39. The molecule has 2 rings (SSSR count). The number of nitrogens with one attached hydrogen (secondary N) is 1. The third kappa shape index (κ3) is 2.88. The third-order valence-corrected chi connectivity index (χ3v) is 2.17. The van der Waals surface area contributed by atoms with Gasteiger partial charge in [0.1, 0.15) is 11.4 Å². The zero-order chi connectivity index (χ0) is 11.2. The van der Waals surface area contributed by atoms with Gasteiger partial charge in [-0.05, 0) is 12.5 Å². The van der Waals surface area contributed by atoms with Crippen LogP contribution in [-0.2, 0) is 18.0 Å². The van der Waals surface area contributed by atoms with E-state index in [4.69, 9.17) is 4.84 Å². The molecule has 16 heavy (non-hydrogen) atoms. The van der Waals surface area contributed by atoms with E-state index in [2.05, 4.69) is 20.4 Å². The molecular weight excluding hydrogens is 206 g/mol. The summed E-state index contributed by atoms with van der Waals surface area (Å²) in [4.78, 5) is 5.29. The van der Waals surface area contributed by atoms with Crippen molar-refractivity contribution in [2.24, 2.45) is 0 Å². The highest BCUT2D eigenvalue weighted by atomic mass is 16.6. The Bertz CT molecular complexity index is 428. The fraction of sp³-hybridized carbons (Fsp3) is 0.273. The Morgan fingerprint density at radius 3 is 2.75 bits per heavy atom. The largest absolute Gasteiger partial charge is 0.297 e. The van der Waals surface area contributed by atoms with Crippen LogP contribution in [-0.4, -0.2) is 10.3 Å². The molecule has 0 saturated heterocycles. The molecule has 0 atom stereocenters. The monoisotopic (exact) mass is 219 g/mol. The molecule has 1 aromatic heterocycles. The Hall–Kier alpha value is -1.72. The highest BCUT2D eigenvalue weighted by molar-refractivity contribution is 5.13. The predicted molar refractivity (Wildman–Crippen MR) is 57.1 cm³/mol. The molecule has 0 amide bonds. The predicted octanol–water partition coefficient (Wildman–Crippen LogP) is 1.60. The molecule has 1 aromatic carbocycles. The molecule has 0 radical (unpaired) electrons. The fourth-order valence-electron chi connectivity index (χ4n) is 1.24. The average Bonchev–Trinajstić information content (AvgIpc) is 2.72. The van der Waals surface area contributed by atoms with Gasteiger partial charge in [-0.2, -0.15) is 5.48 Å². The van der Waals surface area contributed by atoms with E-state index in [-0.39, 0.29) is 0 Å². The van der Waals surface area contributed by atoms with Crippen LogP contribution in [0, 0.1) is 6.92 Å². The lowest BCUT2D eigenvalue weighted by atomic mass is 10.2. The van der Waals surface area contributed by atoms with Crippen molar-refractivity contribution in [1.29, 1.82) is 0 Å². The molecule has 5 nitrogen and oxygen atoms in total. The number of aromatic nitrogens is 2. The number of nitrogens with zero attached hydrogens (tertiary/aromatic N) is 2. The van der Waals surface area contributed by atoms with Crippen molar-refractivity contribution in [1.82, 2.24) is 15.8 Å². The van der Waals surface area contributed by atoms with Crippen LogP contribution in [0.1, 0.15) is 17.0 Å². The average molecular weight is 219 g/mol. The van der Waals surface area contributed by atoms with Crippen molar-refractivity contribution < 1.29 is 9.47 Å². The molecule has 1 N–H and O–H groups in total. The van der Waals surface area contributed by atoms with Crippen molar-refractivity contribution in [3.8, 4) is 0 Å². The zero-order valence-corrected chi connectivity index (χ0v) is 9.01. The molecule has 0 aliphatic heterocycles. The first kappa shape index (κ1) is 10.8. The summed E-state index contributed by atoms with van der Waals surface area (Å²) >= 11 is 0. The van der Waals surface area contributed by atoms with Crippen molar-refractivity contribution in [2.75, 3.05) is 0 Å². The summed E-state index contributed by atoms with van der Waals surface area (Å²) in [5, 5.41) is 7.40. The van der Waals surface area contributed by atoms with Crippen LogP contribution in [0.3, 0.4) is 0 Å². The topological polar surface area (TPSA) is 60.2 Å². The quantitative estimate of drug-likeness (QED) is 0.611. The number of hydroxylamine groups is 1. The van der Waals surface area contributed by atoms with Gasteiger partial charge in [0.2, 0.25) is 0 Å². The summed E-state index contributed by atoms with van der Waals surface area (Å²) in [6.45, 7) is 2.85. The van der Waals surface area contributed by atoms with Gasteiger partial charge in [0, 0.05) is 0 Å². The summed E-state index contributed by atoms with van der Waals surface area (Å²) in [7, 11) is 0. The van der Waals surface area contributed by atoms with E-state index in [1.807, 2.05) is 37.3 Å². The number of aryl methyl sites for hydroxylation is 1. The molecule has 0 saturated carbocycles. The van der Waals surface area contributed by atoms with E-state index in [0.717, 1.165) is 17.0 Å². The highest BCUT2D eigenvalue weighted by Gasteiger charge is 2.03. The van der Waals surface area contributed by atoms with Crippen molar-refractivity contribution in [2.45, 2.75) is 20.1 Å². The molecule has 0 aliphatic rings. The molecule has 0 aliphatic carbocycles. The Labute approximate surface area is 93.3 Å². The van der Waals surface area contributed by atoms with Gasteiger partial charge in [0.05, 0.1) is 13.2 Å². The van der Waals surface area contributed by atoms with Crippen LogP contribution in [0.25, 0.3) is 0 Å². The van der Waals surface area contributed by atoms with Gasteiger partial charge in [-0.3, -0.25) is 4.84 Å². The number of benzene rings is 1. The molecule has 2 aromatic rings. The van der Waals surface area contributed by atoms with Crippen LogP contribution in [0.5, 0.6) is 0 Å². The van der Waals surface area contributed by atoms with Crippen molar-refractivity contribution in [3.63, 3.8) is 0 Å². The van der Waals surface area contributed by atoms with Gasteiger partial charge >= 0.3 is 0 Å². The van der Waals surface area contributed by atoms with Gasteiger partial charge < -0.3 is 0 Å². The lowest BCUT2D eigenvalue weighted by Gasteiger charge is -2.03. The van der Waals surface area contributed by atoms with Crippen LogP contribution in [0.2, 0.25) is 0 Å². The Balaban J connectivity index is 1.72. The van der Waals surface area contributed by atoms with E-state index in [0.29, 0.717) is 13.2 Å². The SMILES string of the molecule is Cc1nonc1CNOCc1ccccc1. The molecule has 84 valence electrons. The molecule has 5 heteroatoms. The summed E-state index contributed by atoms with van der Waals surface area (Å²) in [5.41, 5.74) is 5.46. The fourth-order valence-corrected chi connectivity index (χ4v) is 1.24. The smallest absolute Gasteiger partial charge is 0.124 e. The summed E-state index contributed by atoms with van der Waals surface area (Å²) in [6, 6.07) is 9.94. The zero-order valence-electron chi connectivity index (χ0n) is 9.01. The minimum Gasteiger partial charge on any atom is -0.297 e. The first-order chi connectivity index (χ1) is 7.86. The molecular formula is C11H13N3O2. The minimum atomic E-state index is 0.488. The molecule has 0 fully saturated rings. The maximum atomic E-state index is 5.29. The van der Waals surface area contributed by atoms with Crippen molar-refractivity contribution in [3.05, 3.63) is 47.3 Å². The molecule has 0 unspecified atom stereocenters. The highest BCUT2D eigenvalue weighted by Crippen LogP contribution is 2.01. The lowest BCUT2D eigenvalue weighted by molar-refractivity contribution is 0.0223. The first-order valence-corrected chi connectivity index (χ1v) is 5.03. The normalized spacial score (nSPS) is 10.6. The van der Waals surface area contributed by atoms with Crippen molar-refractivity contribution >= 4 is 0 Å². The third-order valence-electron chi connectivity index (χ3n) is 2.17. The van der Waals surface area contributed by atoms with Gasteiger partial charge in [-0.25, -0.2) is 4.63 Å². The lowest BCUT2D eigenvalue weighted by Crippen LogP contribution is -2.14. The van der Waals surface area contributed by atoms with Gasteiger partial charge in [-0.1, -0.05) is 40.6 Å².